The van der Waals surface area contributed by atoms with Crippen molar-refractivity contribution in [2.45, 2.75) is 13.0 Å². The van der Waals surface area contributed by atoms with Gasteiger partial charge >= 0.3 is 0 Å². The van der Waals surface area contributed by atoms with Gasteiger partial charge in [0.2, 0.25) is 0 Å². The lowest BCUT2D eigenvalue weighted by Gasteiger charge is -2.10. The molecule has 0 saturated heterocycles. The van der Waals surface area contributed by atoms with E-state index in [2.05, 4.69) is 17.4 Å². The molecule has 3 aromatic rings. The Morgan fingerprint density at radius 3 is 2.28 bits per heavy atom. The van der Waals surface area contributed by atoms with Gasteiger partial charge in [-0.2, -0.15) is 0 Å². The van der Waals surface area contributed by atoms with Gasteiger partial charge < -0.3 is 10.1 Å². The van der Waals surface area contributed by atoms with Gasteiger partial charge in [0.1, 0.15) is 5.75 Å². The third-order valence-electron chi connectivity index (χ3n) is 3.76. The number of rotatable bonds is 7. The highest BCUT2D eigenvalue weighted by atomic mass is 35.5. The lowest BCUT2D eigenvalue weighted by Crippen LogP contribution is -2.03. The summed E-state index contributed by atoms with van der Waals surface area (Å²) in [5, 5.41) is 4.65. The third kappa shape index (κ3) is 5.70. The second-order valence-corrected chi connectivity index (χ2v) is 6.62. The minimum Gasteiger partial charge on any atom is -0.493 e. The van der Waals surface area contributed by atoms with Crippen molar-refractivity contribution in [3.05, 3.63) is 94.0 Å². The van der Waals surface area contributed by atoms with E-state index in [1.54, 1.807) is 6.07 Å². The van der Waals surface area contributed by atoms with Crippen LogP contribution >= 0.6 is 23.2 Å². The van der Waals surface area contributed by atoms with Crippen molar-refractivity contribution >= 4 is 28.9 Å². The number of hydrogen-bond acceptors (Lipinski definition) is 2. The Bertz CT molecular complexity index is 801. The highest BCUT2D eigenvalue weighted by molar-refractivity contribution is 6.34. The second-order valence-electron chi connectivity index (χ2n) is 5.74. The average molecular weight is 372 g/mol. The number of anilines is 1. The smallest absolute Gasteiger partial charge is 0.121 e. The van der Waals surface area contributed by atoms with Crippen molar-refractivity contribution in [3.8, 4) is 5.75 Å². The Balaban J connectivity index is 1.54. The fourth-order valence-electron chi connectivity index (χ4n) is 2.54. The molecule has 4 heteroatoms. The first-order chi connectivity index (χ1) is 12.2. The van der Waals surface area contributed by atoms with E-state index < -0.39 is 0 Å². The van der Waals surface area contributed by atoms with E-state index in [0.717, 1.165) is 23.4 Å². The summed E-state index contributed by atoms with van der Waals surface area (Å²) in [7, 11) is 0. The van der Waals surface area contributed by atoms with Crippen molar-refractivity contribution in [1.29, 1.82) is 0 Å². The Kier molecular flexibility index (Phi) is 6.21. The largest absolute Gasteiger partial charge is 0.493 e. The maximum Gasteiger partial charge on any atom is 0.121 e. The predicted octanol–water partition coefficient (Wildman–Crippen LogP) is 6.23. The van der Waals surface area contributed by atoms with Gasteiger partial charge in [0, 0.05) is 34.8 Å². The first kappa shape index (κ1) is 17.7. The molecule has 128 valence electrons. The highest BCUT2D eigenvalue weighted by Gasteiger charge is 2.01. The van der Waals surface area contributed by atoms with Gasteiger partial charge in [-0.05, 0) is 41.5 Å². The van der Waals surface area contributed by atoms with Gasteiger partial charge in [-0.15, -0.1) is 0 Å². The minimum absolute atomic E-state index is 0.641. The molecule has 0 aliphatic rings. The summed E-state index contributed by atoms with van der Waals surface area (Å²) < 4.78 is 5.86. The molecule has 0 amide bonds. The van der Waals surface area contributed by atoms with Crippen LogP contribution in [-0.2, 0) is 13.0 Å². The molecule has 2 nitrogen and oxygen atoms in total. The maximum atomic E-state index is 6.03. The molecule has 0 fully saturated rings. The van der Waals surface area contributed by atoms with Crippen LogP contribution in [0.2, 0.25) is 10.0 Å². The molecule has 0 saturated carbocycles. The lowest BCUT2D eigenvalue weighted by molar-refractivity contribution is 0.322. The first-order valence-corrected chi connectivity index (χ1v) is 8.90. The molecule has 0 aromatic heterocycles. The Morgan fingerprint density at radius 1 is 0.760 bits per heavy atom. The van der Waals surface area contributed by atoms with E-state index in [1.807, 2.05) is 54.6 Å². The van der Waals surface area contributed by atoms with Crippen LogP contribution in [0, 0.1) is 0 Å². The van der Waals surface area contributed by atoms with Crippen molar-refractivity contribution in [2.75, 3.05) is 11.9 Å². The van der Waals surface area contributed by atoms with Crippen molar-refractivity contribution in [1.82, 2.24) is 0 Å². The maximum absolute atomic E-state index is 6.03. The molecule has 0 bridgehead atoms. The van der Waals surface area contributed by atoms with Crippen molar-refractivity contribution < 1.29 is 4.74 Å². The summed E-state index contributed by atoms with van der Waals surface area (Å²) >= 11 is 12.1. The summed E-state index contributed by atoms with van der Waals surface area (Å²) in [4.78, 5) is 0. The van der Waals surface area contributed by atoms with E-state index in [1.165, 1.54) is 5.56 Å². The van der Waals surface area contributed by atoms with Crippen LogP contribution in [0.5, 0.6) is 5.75 Å². The highest BCUT2D eigenvalue weighted by Crippen LogP contribution is 2.22. The lowest BCUT2D eigenvalue weighted by atomic mass is 10.2. The zero-order valence-electron chi connectivity index (χ0n) is 13.7. The van der Waals surface area contributed by atoms with Crippen LogP contribution in [0.4, 0.5) is 5.69 Å². The molecular weight excluding hydrogens is 353 g/mol. The van der Waals surface area contributed by atoms with Gasteiger partial charge in [0.15, 0.2) is 0 Å². The molecule has 0 heterocycles. The monoisotopic (exact) mass is 371 g/mol. The molecule has 3 rings (SSSR count). The quantitative estimate of drug-likeness (QED) is 0.531. The molecule has 1 N–H and O–H groups in total. The standard InChI is InChI=1S/C21H19Cl2NO/c22-18-11-17(12-19(23)13-18)15-24-20-7-4-8-21(14-20)25-10-9-16-5-2-1-3-6-16/h1-8,11-14,24H,9-10,15H2. The summed E-state index contributed by atoms with van der Waals surface area (Å²) in [6, 6.07) is 23.8. The van der Waals surface area contributed by atoms with Crippen LogP contribution in [0.3, 0.4) is 0 Å². The van der Waals surface area contributed by atoms with Crippen molar-refractivity contribution in [2.24, 2.45) is 0 Å². The molecule has 0 unspecified atom stereocenters. The summed E-state index contributed by atoms with van der Waals surface area (Å²) in [6.45, 7) is 1.30. The Morgan fingerprint density at radius 2 is 1.52 bits per heavy atom. The normalized spacial score (nSPS) is 10.5. The molecule has 0 spiro atoms. The zero-order valence-corrected chi connectivity index (χ0v) is 15.2. The molecule has 25 heavy (non-hydrogen) atoms. The van der Waals surface area contributed by atoms with E-state index >= 15 is 0 Å². The first-order valence-electron chi connectivity index (χ1n) is 8.15. The summed E-state index contributed by atoms with van der Waals surface area (Å²) in [6.07, 6.45) is 0.888. The SMILES string of the molecule is Clc1cc(Cl)cc(CNc2cccc(OCCc3ccccc3)c2)c1. The number of nitrogens with one attached hydrogen (secondary N) is 1. The molecule has 0 atom stereocenters. The van der Waals surface area contributed by atoms with Gasteiger partial charge in [0.25, 0.3) is 0 Å². The molecule has 0 aliphatic carbocycles. The Hall–Kier alpha value is -2.16. The number of benzene rings is 3. The minimum atomic E-state index is 0.641. The second kappa shape index (κ2) is 8.80. The van der Waals surface area contributed by atoms with Crippen LogP contribution in [0.1, 0.15) is 11.1 Å². The molecule has 3 aromatic carbocycles. The van der Waals surface area contributed by atoms with Crippen LogP contribution in [-0.4, -0.2) is 6.61 Å². The Labute approximate surface area is 158 Å². The third-order valence-corrected chi connectivity index (χ3v) is 4.19. The van der Waals surface area contributed by atoms with Gasteiger partial charge in [-0.25, -0.2) is 0 Å². The van der Waals surface area contributed by atoms with Crippen LogP contribution in [0.25, 0.3) is 0 Å². The van der Waals surface area contributed by atoms with E-state index in [0.29, 0.717) is 23.2 Å². The van der Waals surface area contributed by atoms with E-state index in [9.17, 15) is 0 Å². The average Bonchev–Trinajstić information content (AvgIpc) is 2.61. The number of halogens is 2. The van der Waals surface area contributed by atoms with E-state index in [-0.39, 0.29) is 0 Å². The van der Waals surface area contributed by atoms with Crippen molar-refractivity contribution in [3.63, 3.8) is 0 Å². The fraction of sp³-hybridized carbons (Fsp3) is 0.143. The fourth-order valence-corrected chi connectivity index (χ4v) is 3.12. The number of ether oxygens (including phenoxy) is 1. The number of hydrogen-bond donors (Lipinski definition) is 1. The van der Waals surface area contributed by atoms with Crippen LogP contribution < -0.4 is 10.1 Å². The zero-order chi connectivity index (χ0) is 17.5. The van der Waals surface area contributed by atoms with E-state index in [4.69, 9.17) is 27.9 Å². The molecule has 0 radical (unpaired) electrons. The van der Waals surface area contributed by atoms with Gasteiger partial charge in [0.05, 0.1) is 6.61 Å². The predicted molar refractivity (Wildman–Crippen MR) is 106 cm³/mol. The summed E-state index contributed by atoms with van der Waals surface area (Å²) in [5.74, 6) is 0.852. The van der Waals surface area contributed by atoms with Gasteiger partial charge in [-0.1, -0.05) is 59.6 Å². The summed E-state index contributed by atoms with van der Waals surface area (Å²) in [5.41, 5.74) is 3.30. The van der Waals surface area contributed by atoms with Crippen LogP contribution in [0.15, 0.2) is 72.8 Å². The van der Waals surface area contributed by atoms with Gasteiger partial charge in [-0.3, -0.25) is 0 Å². The molecule has 0 aliphatic heterocycles. The topological polar surface area (TPSA) is 21.3 Å². The molecular formula is C21H19Cl2NO.